The highest BCUT2D eigenvalue weighted by Crippen LogP contribution is 2.23. The number of thiazole rings is 1. The van der Waals surface area contributed by atoms with Crippen LogP contribution in [0.5, 0.6) is 0 Å². The van der Waals surface area contributed by atoms with Crippen LogP contribution in [0.2, 0.25) is 5.02 Å². The average molecular weight is 255 g/mol. The number of rotatable bonds is 2. The fraction of sp³-hybridized carbons (Fsp3) is 0. The maximum absolute atomic E-state index is 5.80. The molecule has 0 aliphatic heterocycles. The Balaban J connectivity index is 2.37. The third-order valence-corrected chi connectivity index (χ3v) is 3.31. The quantitative estimate of drug-likeness (QED) is 0.837. The van der Waals surface area contributed by atoms with E-state index in [4.69, 9.17) is 29.6 Å². The second kappa shape index (κ2) is 4.26. The highest BCUT2D eigenvalue weighted by Gasteiger charge is 2.05. The molecule has 2 N–H and O–H groups in total. The molecule has 0 aliphatic carbocycles. The molecule has 1 heterocycles. The molecule has 1 aromatic carbocycles. The lowest BCUT2D eigenvalue weighted by molar-refractivity contribution is 1.38. The van der Waals surface area contributed by atoms with E-state index in [9.17, 15) is 0 Å². The summed E-state index contributed by atoms with van der Waals surface area (Å²) >= 11 is 12.1. The van der Waals surface area contributed by atoms with Crippen molar-refractivity contribution < 1.29 is 0 Å². The summed E-state index contributed by atoms with van der Waals surface area (Å²) in [6, 6.07) is 7.49. The van der Waals surface area contributed by atoms with Crippen molar-refractivity contribution in [2.24, 2.45) is 5.73 Å². The standard InChI is InChI=1S/C10H7ClN2S2/c11-7-3-1-6(2-4-7)8-5-15-10(13-8)9(12)14/h1-5H,(H2,12,14). The second-order valence-electron chi connectivity index (χ2n) is 2.91. The summed E-state index contributed by atoms with van der Waals surface area (Å²) in [5, 5.41) is 3.33. The van der Waals surface area contributed by atoms with Gasteiger partial charge in [-0.25, -0.2) is 4.98 Å². The van der Waals surface area contributed by atoms with E-state index in [-0.39, 0.29) is 0 Å². The van der Waals surface area contributed by atoms with Gasteiger partial charge in [0.25, 0.3) is 0 Å². The van der Waals surface area contributed by atoms with E-state index < -0.39 is 0 Å². The van der Waals surface area contributed by atoms with E-state index >= 15 is 0 Å². The Morgan fingerprint density at radius 2 is 2.00 bits per heavy atom. The van der Waals surface area contributed by atoms with Crippen molar-refractivity contribution in [1.29, 1.82) is 0 Å². The number of aromatic nitrogens is 1. The number of benzene rings is 1. The van der Waals surface area contributed by atoms with Crippen LogP contribution in [0.3, 0.4) is 0 Å². The van der Waals surface area contributed by atoms with Crippen molar-refractivity contribution in [3.05, 3.63) is 39.7 Å². The second-order valence-corrected chi connectivity index (χ2v) is 4.64. The van der Waals surface area contributed by atoms with Gasteiger partial charge < -0.3 is 5.73 Å². The zero-order valence-corrected chi connectivity index (χ0v) is 9.99. The van der Waals surface area contributed by atoms with Gasteiger partial charge in [-0.3, -0.25) is 0 Å². The normalized spacial score (nSPS) is 10.2. The molecule has 0 atom stereocenters. The molecule has 2 nitrogen and oxygen atoms in total. The molecule has 0 radical (unpaired) electrons. The van der Waals surface area contributed by atoms with Crippen LogP contribution in [0.15, 0.2) is 29.6 Å². The average Bonchev–Trinajstić information content (AvgIpc) is 2.68. The van der Waals surface area contributed by atoms with Crippen LogP contribution in [-0.2, 0) is 0 Å². The summed E-state index contributed by atoms with van der Waals surface area (Å²) in [7, 11) is 0. The smallest absolute Gasteiger partial charge is 0.151 e. The lowest BCUT2D eigenvalue weighted by atomic mass is 10.2. The lowest BCUT2D eigenvalue weighted by Crippen LogP contribution is -2.08. The van der Waals surface area contributed by atoms with E-state index in [2.05, 4.69) is 4.98 Å². The van der Waals surface area contributed by atoms with E-state index in [1.807, 2.05) is 29.6 Å². The predicted octanol–water partition coefficient (Wildman–Crippen LogP) is 3.10. The molecular formula is C10H7ClN2S2. The summed E-state index contributed by atoms with van der Waals surface area (Å²) in [5.41, 5.74) is 7.37. The molecule has 76 valence electrons. The number of nitrogens with two attached hydrogens (primary N) is 1. The van der Waals surface area contributed by atoms with Gasteiger partial charge in [-0.2, -0.15) is 0 Å². The maximum Gasteiger partial charge on any atom is 0.151 e. The van der Waals surface area contributed by atoms with Gasteiger partial charge >= 0.3 is 0 Å². The molecule has 5 heteroatoms. The first kappa shape index (κ1) is 10.5. The zero-order chi connectivity index (χ0) is 10.8. The van der Waals surface area contributed by atoms with Crippen molar-refractivity contribution in [3.8, 4) is 11.3 Å². The molecule has 0 spiro atoms. The third kappa shape index (κ3) is 2.34. The summed E-state index contributed by atoms with van der Waals surface area (Å²) in [5.74, 6) is 0. The van der Waals surface area contributed by atoms with Crippen LogP contribution in [0.25, 0.3) is 11.3 Å². The molecular weight excluding hydrogens is 248 g/mol. The van der Waals surface area contributed by atoms with Crippen molar-refractivity contribution in [3.63, 3.8) is 0 Å². The van der Waals surface area contributed by atoms with Gasteiger partial charge in [0.15, 0.2) is 5.01 Å². The molecule has 1 aromatic heterocycles. The summed E-state index contributed by atoms with van der Waals surface area (Å²) in [4.78, 5) is 4.65. The van der Waals surface area contributed by atoms with Gasteiger partial charge in [0.05, 0.1) is 5.69 Å². The Hall–Kier alpha value is -0.970. The summed E-state index contributed by atoms with van der Waals surface area (Å²) < 4.78 is 0. The van der Waals surface area contributed by atoms with Crippen LogP contribution >= 0.6 is 35.2 Å². The zero-order valence-electron chi connectivity index (χ0n) is 7.61. The first-order chi connectivity index (χ1) is 7.16. The minimum atomic E-state index is 0.334. The van der Waals surface area contributed by atoms with Gasteiger partial charge in [-0.15, -0.1) is 11.3 Å². The van der Waals surface area contributed by atoms with E-state index in [1.54, 1.807) is 0 Å². The Labute approximate surface area is 102 Å². The van der Waals surface area contributed by atoms with Crippen molar-refractivity contribution in [1.82, 2.24) is 4.98 Å². The van der Waals surface area contributed by atoms with Gasteiger partial charge in [0.1, 0.15) is 4.99 Å². The van der Waals surface area contributed by atoms with Gasteiger partial charge in [0.2, 0.25) is 0 Å². The largest absolute Gasteiger partial charge is 0.387 e. The number of thiocarbonyl (C=S) groups is 1. The summed E-state index contributed by atoms with van der Waals surface area (Å²) in [6.45, 7) is 0. The Morgan fingerprint density at radius 3 is 2.53 bits per heavy atom. The first-order valence-electron chi connectivity index (χ1n) is 4.18. The van der Waals surface area contributed by atoms with Crippen molar-refractivity contribution in [2.75, 3.05) is 0 Å². The van der Waals surface area contributed by atoms with Crippen LogP contribution in [-0.4, -0.2) is 9.97 Å². The van der Waals surface area contributed by atoms with Crippen LogP contribution in [0, 0.1) is 0 Å². The highest BCUT2D eigenvalue weighted by molar-refractivity contribution is 7.81. The molecule has 0 aliphatic rings. The number of halogens is 1. The predicted molar refractivity (Wildman–Crippen MR) is 68.4 cm³/mol. The lowest BCUT2D eigenvalue weighted by Gasteiger charge is -1.95. The first-order valence-corrected chi connectivity index (χ1v) is 5.84. The Kier molecular flexibility index (Phi) is 3.00. The molecule has 0 fully saturated rings. The minimum Gasteiger partial charge on any atom is -0.387 e. The molecule has 0 unspecified atom stereocenters. The highest BCUT2D eigenvalue weighted by atomic mass is 35.5. The number of hydrogen-bond donors (Lipinski definition) is 1. The minimum absolute atomic E-state index is 0.334. The van der Waals surface area contributed by atoms with Gasteiger partial charge in [-0.1, -0.05) is 36.0 Å². The van der Waals surface area contributed by atoms with Crippen LogP contribution < -0.4 is 5.73 Å². The van der Waals surface area contributed by atoms with Gasteiger partial charge in [-0.05, 0) is 12.1 Å². The fourth-order valence-corrected chi connectivity index (χ4v) is 2.14. The molecule has 0 saturated heterocycles. The topological polar surface area (TPSA) is 38.9 Å². The van der Waals surface area contributed by atoms with Crippen LogP contribution in [0.4, 0.5) is 0 Å². The molecule has 0 saturated carbocycles. The van der Waals surface area contributed by atoms with Crippen molar-refractivity contribution in [2.45, 2.75) is 0 Å². The molecule has 0 bridgehead atoms. The summed E-state index contributed by atoms with van der Waals surface area (Å²) in [6.07, 6.45) is 0. The SMILES string of the molecule is NC(=S)c1nc(-c2ccc(Cl)cc2)cs1. The van der Waals surface area contributed by atoms with E-state index in [0.29, 0.717) is 15.0 Å². The van der Waals surface area contributed by atoms with Crippen molar-refractivity contribution >= 4 is 40.1 Å². The monoisotopic (exact) mass is 254 g/mol. The van der Waals surface area contributed by atoms with Gasteiger partial charge in [0, 0.05) is 16.0 Å². The molecule has 15 heavy (non-hydrogen) atoms. The molecule has 2 aromatic rings. The number of hydrogen-bond acceptors (Lipinski definition) is 3. The third-order valence-electron chi connectivity index (χ3n) is 1.85. The maximum atomic E-state index is 5.80. The number of nitrogens with zero attached hydrogens (tertiary/aromatic N) is 1. The Morgan fingerprint density at radius 1 is 1.33 bits per heavy atom. The molecule has 0 amide bonds. The molecule has 2 rings (SSSR count). The Bertz CT molecular complexity index is 490. The van der Waals surface area contributed by atoms with E-state index in [1.165, 1.54) is 11.3 Å². The fourth-order valence-electron chi connectivity index (χ4n) is 1.14. The van der Waals surface area contributed by atoms with E-state index in [0.717, 1.165) is 11.3 Å². The van der Waals surface area contributed by atoms with Crippen LogP contribution in [0.1, 0.15) is 5.01 Å².